The van der Waals surface area contributed by atoms with Crippen LogP contribution in [0, 0.1) is 0 Å². The number of methoxy groups -OCH3 is 2. The highest BCUT2D eigenvalue weighted by Gasteiger charge is 2.29. The predicted molar refractivity (Wildman–Crippen MR) is 147 cm³/mol. The molecule has 4 aromatic rings. The Hall–Kier alpha value is -3.78. The molecule has 8 nitrogen and oxygen atoms in total. The van der Waals surface area contributed by atoms with Crippen molar-refractivity contribution >= 4 is 11.6 Å². The van der Waals surface area contributed by atoms with Crippen LogP contribution < -0.4 is 15.0 Å². The van der Waals surface area contributed by atoms with Crippen LogP contribution in [0.3, 0.4) is 0 Å². The topological polar surface area (TPSA) is 110 Å². The number of benzene rings is 2. The highest BCUT2D eigenvalue weighted by Crippen LogP contribution is 2.46. The minimum atomic E-state index is -0.515. The van der Waals surface area contributed by atoms with Crippen molar-refractivity contribution in [3.63, 3.8) is 0 Å². The number of hydrogen-bond donors (Lipinski definition) is 2. The standard InChI is InChI=1S/C29H32ClN3O5/c1-6-7-9-19-23(24-20(36-4)10-8-11-21(24)37-5)26(34)25(27(35)31-19)28-33-32-22(38-28)16-29(2,3)17-12-14-18(30)15-13-17/h8,10-15H,6-7,9,16H2,1-5H3,(H2,31,34,35). The van der Waals surface area contributed by atoms with Gasteiger partial charge in [-0.2, -0.15) is 0 Å². The van der Waals surface area contributed by atoms with Crippen LogP contribution in [-0.4, -0.2) is 34.5 Å². The van der Waals surface area contributed by atoms with Gasteiger partial charge in [-0.25, -0.2) is 0 Å². The molecule has 0 atom stereocenters. The second-order valence-electron chi connectivity index (χ2n) is 9.74. The summed E-state index contributed by atoms with van der Waals surface area (Å²) in [5.41, 5.74) is 1.60. The fourth-order valence-corrected chi connectivity index (χ4v) is 4.68. The van der Waals surface area contributed by atoms with Crippen LogP contribution in [0.1, 0.15) is 50.8 Å². The molecule has 0 fully saturated rings. The monoisotopic (exact) mass is 537 g/mol. The van der Waals surface area contributed by atoms with Crippen LogP contribution in [0.2, 0.25) is 5.02 Å². The molecule has 38 heavy (non-hydrogen) atoms. The summed E-state index contributed by atoms with van der Waals surface area (Å²) >= 11 is 6.04. The zero-order valence-corrected chi connectivity index (χ0v) is 23.0. The van der Waals surface area contributed by atoms with E-state index in [2.05, 4.69) is 36.0 Å². The number of aromatic amines is 1. The van der Waals surface area contributed by atoms with E-state index in [9.17, 15) is 9.90 Å². The number of nitrogens with one attached hydrogen (secondary N) is 1. The van der Waals surface area contributed by atoms with Gasteiger partial charge in [0, 0.05) is 17.1 Å². The Morgan fingerprint density at radius 1 is 1.00 bits per heavy atom. The summed E-state index contributed by atoms with van der Waals surface area (Å²) < 4.78 is 17.1. The number of unbranched alkanes of at least 4 members (excludes halogenated alkanes) is 1. The number of pyridine rings is 1. The van der Waals surface area contributed by atoms with E-state index < -0.39 is 5.56 Å². The fraction of sp³-hybridized carbons (Fsp3) is 0.345. The van der Waals surface area contributed by atoms with Gasteiger partial charge in [0.25, 0.3) is 11.4 Å². The lowest BCUT2D eigenvalue weighted by atomic mass is 9.81. The molecule has 0 saturated carbocycles. The zero-order valence-electron chi connectivity index (χ0n) is 22.2. The van der Waals surface area contributed by atoms with Crippen molar-refractivity contribution in [1.29, 1.82) is 0 Å². The molecule has 4 rings (SSSR count). The molecule has 0 radical (unpaired) electrons. The van der Waals surface area contributed by atoms with Crippen molar-refractivity contribution in [3.8, 4) is 39.8 Å². The van der Waals surface area contributed by atoms with Crippen molar-refractivity contribution < 1.29 is 19.0 Å². The van der Waals surface area contributed by atoms with Crippen LogP contribution in [0.15, 0.2) is 51.7 Å². The molecule has 2 heterocycles. The highest BCUT2D eigenvalue weighted by atomic mass is 35.5. The van der Waals surface area contributed by atoms with Gasteiger partial charge in [-0.1, -0.05) is 57.0 Å². The van der Waals surface area contributed by atoms with Crippen LogP contribution in [0.25, 0.3) is 22.6 Å². The van der Waals surface area contributed by atoms with E-state index in [4.69, 9.17) is 25.5 Å². The lowest BCUT2D eigenvalue weighted by Crippen LogP contribution is -2.20. The number of aromatic nitrogens is 3. The van der Waals surface area contributed by atoms with E-state index in [1.54, 1.807) is 32.4 Å². The second kappa shape index (κ2) is 11.3. The Labute approximate surface area is 226 Å². The summed E-state index contributed by atoms with van der Waals surface area (Å²) in [6.07, 6.45) is 2.68. The highest BCUT2D eigenvalue weighted by molar-refractivity contribution is 6.30. The largest absolute Gasteiger partial charge is 0.506 e. The lowest BCUT2D eigenvalue weighted by Gasteiger charge is -2.23. The fourth-order valence-electron chi connectivity index (χ4n) is 4.55. The molecule has 0 aliphatic heterocycles. The quantitative estimate of drug-likeness (QED) is 0.243. The third kappa shape index (κ3) is 5.41. The molecule has 2 N–H and O–H groups in total. The van der Waals surface area contributed by atoms with E-state index in [0.29, 0.717) is 52.1 Å². The minimum absolute atomic E-state index is 0.0668. The van der Waals surface area contributed by atoms with Gasteiger partial charge in [0.2, 0.25) is 5.89 Å². The van der Waals surface area contributed by atoms with Gasteiger partial charge in [0.05, 0.1) is 25.3 Å². The number of rotatable bonds is 10. The smallest absolute Gasteiger partial charge is 0.264 e. The number of nitrogens with zero attached hydrogens (tertiary/aromatic N) is 2. The first kappa shape index (κ1) is 27.3. The Morgan fingerprint density at radius 3 is 2.26 bits per heavy atom. The molecular formula is C29H32ClN3O5. The van der Waals surface area contributed by atoms with E-state index in [0.717, 1.165) is 18.4 Å². The lowest BCUT2D eigenvalue weighted by molar-refractivity contribution is 0.396. The Kier molecular flexibility index (Phi) is 8.11. The normalized spacial score (nSPS) is 11.5. The molecule has 200 valence electrons. The maximum Gasteiger partial charge on any atom is 0.264 e. The summed E-state index contributed by atoms with van der Waals surface area (Å²) in [6.45, 7) is 6.17. The van der Waals surface area contributed by atoms with Crippen molar-refractivity contribution in [2.75, 3.05) is 14.2 Å². The molecule has 0 bridgehead atoms. The van der Waals surface area contributed by atoms with Crippen molar-refractivity contribution in [2.45, 2.75) is 51.9 Å². The zero-order chi connectivity index (χ0) is 27.4. The second-order valence-corrected chi connectivity index (χ2v) is 10.2. The van der Waals surface area contributed by atoms with E-state index in [1.165, 1.54) is 0 Å². The van der Waals surface area contributed by atoms with Crippen LogP contribution in [0.4, 0.5) is 0 Å². The number of aryl methyl sites for hydroxylation is 1. The van der Waals surface area contributed by atoms with Gasteiger partial charge in [0.15, 0.2) is 0 Å². The average Bonchev–Trinajstić information content (AvgIpc) is 3.34. The minimum Gasteiger partial charge on any atom is -0.506 e. The van der Waals surface area contributed by atoms with E-state index in [-0.39, 0.29) is 22.6 Å². The SMILES string of the molecule is CCCCc1[nH]c(=O)c(-c2nnc(CC(C)(C)c3ccc(Cl)cc3)o2)c(O)c1-c1c(OC)cccc1OC. The summed E-state index contributed by atoms with van der Waals surface area (Å²) in [5.74, 6) is 0.987. The molecule has 0 amide bonds. The van der Waals surface area contributed by atoms with Gasteiger partial charge in [-0.3, -0.25) is 4.79 Å². The average molecular weight is 538 g/mol. The van der Waals surface area contributed by atoms with Crippen molar-refractivity contribution in [1.82, 2.24) is 15.2 Å². The number of ether oxygens (including phenoxy) is 2. The van der Waals surface area contributed by atoms with Gasteiger partial charge in [-0.05, 0) is 48.1 Å². The van der Waals surface area contributed by atoms with E-state index >= 15 is 0 Å². The van der Waals surface area contributed by atoms with Crippen LogP contribution in [0.5, 0.6) is 17.2 Å². The Morgan fingerprint density at radius 2 is 1.66 bits per heavy atom. The van der Waals surface area contributed by atoms with Gasteiger partial charge >= 0.3 is 0 Å². The number of hydrogen-bond acceptors (Lipinski definition) is 7. The first-order chi connectivity index (χ1) is 18.2. The molecule has 0 aliphatic carbocycles. The van der Waals surface area contributed by atoms with Crippen LogP contribution >= 0.6 is 11.6 Å². The molecule has 0 saturated heterocycles. The molecule has 0 spiro atoms. The maximum atomic E-state index is 13.2. The Bertz CT molecular complexity index is 1450. The molecular weight excluding hydrogens is 506 g/mol. The molecule has 2 aromatic heterocycles. The molecule has 0 unspecified atom stereocenters. The van der Waals surface area contributed by atoms with E-state index in [1.807, 2.05) is 24.3 Å². The number of halogens is 1. The maximum absolute atomic E-state index is 13.2. The van der Waals surface area contributed by atoms with Crippen molar-refractivity contribution in [2.24, 2.45) is 0 Å². The first-order valence-electron chi connectivity index (χ1n) is 12.5. The van der Waals surface area contributed by atoms with Gasteiger partial charge < -0.3 is 24.0 Å². The molecule has 9 heteroatoms. The van der Waals surface area contributed by atoms with Crippen LogP contribution in [-0.2, 0) is 18.3 Å². The molecule has 2 aromatic carbocycles. The first-order valence-corrected chi connectivity index (χ1v) is 12.9. The summed E-state index contributed by atoms with van der Waals surface area (Å²) in [5, 5.41) is 20.5. The third-order valence-corrected chi connectivity index (χ3v) is 6.88. The summed E-state index contributed by atoms with van der Waals surface area (Å²) in [4.78, 5) is 16.2. The van der Waals surface area contributed by atoms with Gasteiger partial charge in [-0.15, -0.1) is 10.2 Å². The summed E-state index contributed by atoms with van der Waals surface area (Å²) in [7, 11) is 3.08. The Balaban J connectivity index is 1.82. The molecule has 0 aliphatic rings. The predicted octanol–water partition coefficient (Wildman–Crippen LogP) is 6.33. The summed E-state index contributed by atoms with van der Waals surface area (Å²) in [6, 6.07) is 12.9. The third-order valence-electron chi connectivity index (χ3n) is 6.62. The number of H-pyrrole nitrogens is 1. The van der Waals surface area contributed by atoms with Gasteiger partial charge in [0.1, 0.15) is 22.8 Å². The van der Waals surface area contributed by atoms with Crippen molar-refractivity contribution in [3.05, 3.63) is 75.0 Å². The number of aromatic hydroxyl groups is 1.